The lowest BCUT2D eigenvalue weighted by Crippen LogP contribution is -2.23. The minimum atomic E-state index is 0.149. The van der Waals surface area contributed by atoms with Gasteiger partial charge in [0.2, 0.25) is 0 Å². The smallest absolute Gasteiger partial charge is 0.0459 e. The van der Waals surface area contributed by atoms with Gasteiger partial charge in [0, 0.05) is 29.8 Å². The number of hydrogen-bond acceptors (Lipinski definition) is 2. The maximum atomic E-state index is 6.29. The Morgan fingerprint density at radius 3 is 2.53 bits per heavy atom. The van der Waals surface area contributed by atoms with Crippen LogP contribution in [0.3, 0.4) is 0 Å². The highest BCUT2D eigenvalue weighted by Gasteiger charge is 2.08. The average Bonchev–Trinajstić information content (AvgIpc) is 2.28. The van der Waals surface area contributed by atoms with Crippen molar-refractivity contribution in [3.63, 3.8) is 0 Å². The molecule has 0 saturated heterocycles. The summed E-state index contributed by atoms with van der Waals surface area (Å²) in [6.07, 6.45) is 1.98. The van der Waals surface area contributed by atoms with Crippen molar-refractivity contribution >= 4 is 17.3 Å². The molecule has 0 saturated carbocycles. The summed E-state index contributed by atoms with van der Waals surface area (Å²) in [6.45, 7) is 8.43. The zero-order valence-electron chi connectivity index (χ0n) is 11.0. The molecule has 0 radical (unpaired) electrons. The fourth-order valence-electron chi connectivity index (χ4n) is 1.99. The van der Waals surface area contributed by atoms with Crippen molar-refractivity contribution in [3.8, 4) is 0 Å². The normalized spacial score (nSPS) is 12.5. The standard InChI is InChI=1S/C14H23ClN2/c1-4-8-17(5-2)13-7-6-12(9-11(3)16)14(15)10-13/h6-7,10-11H,4-5,8-9,16H2,1-3H3. The van der Waals surface area contributed by atoms with Gasteiger partial charge < -0.3 is 10.6 Å². The van der Waals surface area contributed by atoms with Crippen LogP contribution in [-0.2, 0) is 6.42 Å². The topological polar surface area (TPSA) is 29.3 Å². The quantitative estimate of drug-likeness (QED) is 0.842. The number of benzene rings is 1. The molecule has 0 bridgehead atoms. The summed E-state index contributed by atoms with van der Waals surface area (Å²) in [4.78, 5) is 2.33. The molecule has 1 aromatic carbocycles. The molecule has 0 aliphatic rings. The van der Waals surface area contributed by atoms with Gasteiger partial charge in [-0.25, -0.2) is 0 Å². The third-order valence-corrected chi connectivity index (χ3v) is 3.17. The van der Waals surface area contributed by atoms with Crippen LogP contribution in [0.25, 0.3) is 0 Å². The maximum absolute atomic E-state index is 6.29. The number of nitrogens with two attached hydrogens (primary N) is 1. The summed E-state index contributed by atoms with van der Waals surface area (Å²) in [5, 5.41) is 0.828. The first kappa shape index (κ1) is 14.3. The number of hydrogen-bond donors (Lipinski definition) is 1. The largest absolute Gasteiger partial charge is 0.372 e. The Morgan fingerprint density at radius 2 is 2.06 bits per heavy atom. The second-order valence-corrected chi connectivity index (χ2v) is 4.94. The molecule has 1 atom stereocenters. The number of halogens is 1. The van der Waals surface area contributed by atoms with Gasteiger partial charge in [0.1, 0.15) is 0 Å². The van der Waals surface area contributed by atoms with Crippen LogP contribution in [-0.4, -0.2) is 19.1 Å². The van der Waals surface area contributed by atoms with Crippen LogP contribution in [0, 0.1) is 0 Å². The minimum absolute atomic E-state index is 0.149. The van der Waals surface area contributed by atoms with E-state index in [0.717, 1.165) is 36.5 Å². The van der Waals surface area contributed by atoms with Gasteiger partial charge in [0.15, 0.2) is 0 Å². The molecule has 17 heavy (non-hydrogen) atoms. The molecule has 1 unspecified atom stereocenters. The van der Waals surface area contributed by atoms with Crippen LogP contribution in [0.2, 0.25) is 5.02 Å². The number of rotatable bonds is 6. The molecular weight excluding hydrogens is 232 g/mol. The lowest BCUT2D eigenvalue weighted by atomic mass is 10.1. The number of anilines is 1. The van der Waals surface area contributed by atoms with Crippen molar-refractivity contribution in [1.29, 1.82) is 0 Å². The highest BCUT2D eigenvalue weighted by atomic mass is 35.5. The second-order valence-electron chi connectivity index (χ2n) is 4.54. The Morgan fingerprint density at radius 1 is 1.35 bits per heavy atom. The summed E-state index contributed by atoms with van der Waals surface area (Å²) in [5.74, 6) is 0. The van der Waals surface area contributed by atoms with E-state index >= 15 is 0 Å². The summed E-state index contributed by atoms with van der Waals surface area (Å²) in [6, 6.07) is 6.44. The fraction of sp³-hybridized carbons (Fsp3) is 0.571. The van der Waals surface area contributed by atoms with E-state index in [4.69, 9.17) is 17.3 Å². The van der Waals surface area contributed by atoms with Gasteiger partial charge in [0.25, 0.3) is 0 Å². The lowest BCUT2D eigenvalue weighted by molar-refractivity contribution is 0.737. The lowest BCUT2D eigenvalue weighted by Gasteiger charge is -2.23. The Balaban J connectivity index is 2.86. The molecule has 0 spiro atoms. The molecule has 0 heterocycles. The molecule has 1 rings (SSSR count). The predicted molar refractivity (Wildman–Crippen MR) is 77.0 cm³/mol. The van der Waals surface area contributed by atoms with Crippen LogP contribution in [0.5, 0.6) is 0 Å². The van der Waals surface area contributed by atoms with Crippen molar-refractivity contribution in [3.05, 3.63) is 28.8 Å². The van der Waals surface area contributed by atoms with Crippen molar-refractivity contribution in [2.75, 3.05) is 18.0 Å². The summed E-state index contributed by atoms with van der Waals surface area (Å²) in [5.41, 5.74) is 8.13. The SMILES string of the molecule is CCCN(CC)c1ccc(CC(C)N)c(Cl)c1. The second kappa shape index (κ2) is 6.87. The van der Waals surface area contributed by atoms with Crippen LogP contribution in [0.1, 0.15) is 32.8 Å². The molecule has 96 valence electrons. The highest BCUT2D eigenvalue weighted by molar-refractivity contribution is 6.31. The molecule has 0 aliphatic carbocycles. The van der Waals surface area contributed by atoms with E-state index in [1.807, 2.05) is 6.92 Å². The first-order chi connectivity index (χ1) is 8.08. The van der Waals surface area contributed by atoms with Gasteiger partial charge in [0.05, 0.1) is 0 Å². The Labute approximate surface area is 110 Å². The summed E-state index contributed by atoms with van der Waals surface area (Å²) < 4.78 is 0. The van der Waals surface area contributed by atoms with Gasteiger partial charge in [-0.1, -0.05) is 24.6 Å². The van der Waals surface area contributed by atoms with E-state index in [1.165, 1.54) is 5.69 Å². The minimum Gasteiger partial charge on any atom is -0.372 e. The molecule has 0 fully saturated rings. The molecule has 3 heteroatoms. The van der Waals surface area contributed by atoms with E-state index in [2.05, 4.69) is 36.9 Å². The predicted octanol–water partition coefficient (Wildman–Crippen LogP) is 3.47. The van der Waals surface area contributed by atoms with Crippen molar-refractivity contribution in [2.45, 2.75) is 39.7 Å². The van der Waals surface area contributed by atoms with Crippen LogP contribution >= 0.6 is 11.6 Å². The first-order valence-corrected chi connectivity index (χ1v) is 6.75. The van der Waals surface area contributed by atoms with Gasteiger partial charge in [-0.3, -0.25) is 0 Å². The molecule has 2 N–H and O–H groups in total. The highest BCUT2D eigenvalue weighted by Crippen LogP contribution is 2.24. The molecule has 0 aliphatic heterocycles. The zero-order chi connectivity index (χ0) is 12.8. The molecule has 0 aromatic heterocycles. The van der Waals surface area contributed by atoms with E-state index in [1.54, 1.807) is 0 Å². The zero-order valence-corrected chi connectivity index (χ0v) is 11.8. The summed E-state index contributed by atoms with van der Waals surface area (Å²) >= 11 is 6.29. The molecule has 2 nitrogen and oxygen atoms in total. The van der Waals surface area contributed by atoms with E-state index in [0.29, 0.717) is 0 Å². The first-order valence-electron chi connectivity index (χ1n) is 6.37. The third kappa shape index (κ3) is 4.21. The van der Waals surface area contributed by atoms with Crippen molar-refractivity contribution in [2.24, 2.45) is 5.73 Å². The van der Waals surface area contributed by atoms with Gasteiger partial charge in [-0.2, -0.15) is 0 Å². The molecule has 1 aromatic rings. The monoisotopic (exact) mass is 254 g/mol. The van der Waals surface area contributed by atoms with Crippen LogP contribution < -0.4 is 10.6 Å². The molecular formula is C14H23ClN2. The van der Waals surface area contributed by atoms with E-state index in [-0.39, 0.29) is 6.04 Å². The number of nitrogens with zero attached hydrogens (tertiary/aromatic N) is 1. The van der Waals surface area contributed by atoms with Gasteiger partial charge in [-0.05, 0) is 44.4 Å². The van der Waals surface area contributed by atoms with Crippen molar-refractivity contribution in [1.82, 2.24) is 0 Å². The summed E-state index contributed by atoms with van der Waals surface area (Å²) in [7, 11) is 0. The fourth-order valence-corrected chi connectivity index (χ4v) is 2.24. The van der Waals surface area contributed by atoms with Crippen LogP contribution in [0.15, 0.2) is 18.2 Å². The van der Waals surface area contributed by atoms with Crippen LogP contribution in [0.4, 0.5) is 5.69 Å². The van der Waals surface area contributed by atoms with E-state index in [9.17, 15) is 0 Å². The Bertz CT molecular complexity index is 350. The van der Waals surface area contributed by atoms with Gasteiger partial charge >= 0.3 is 0 Å². The van der Waals surface area contributed by atoms with E-state index < -0.39 is 0 Å². The Hall–Kier alpha value is -0.730. The maximum Gasteiger partial charge on any atom is 0.0459 e. The average molecular weight is 255 g/mol. The Kier molecular flexibility index (Phi) is 5.79. The van der Waals surface area contributed by atoms with Gasteiger partial charge in [-0.15, -0.1) is 0 Å². The molecule has 0 amide bonds. The van der Waals surface area contributed by atoms with Crippen molar-refractivity contribution < 1.29 is 0 Å². The third-order valence-electron chi connectivity index (χ3n) is 2.82.